The number of amides is 1. The summed E-state index contributed by atoms with van der Waals surface area (Å²) in [7, 11) is -2.18. The lowest BCUT2D eigenvalue weighted by Gasteiger charge is -2.06. The molecule has 0 saturated carbocycles. The van der Waals surface area contributed by atoms with Gasteiger partial charge in [0, 0.05) is 25.4 Å². The molecule has 0 fully saturated rings. The van der Waals surface area contributed by atoms with Gasteiger partial charge in [-0.25, -0.2) is 8.42 Å². The first-order chi connectivity index (χ1) is 9.96. The molecule has 1 aromatic carbocycles. The van der Waals surface area contributed by atoms with E-state index in [0.29, 0.717) is 17.8 Å². The topological polar surface area (TPSA) is 93.1 Å². The molecule has 7 nitrogen and oxygen atoms in total. The summed E-state index contributed by atoms with van der Waals surface area (Å²) in [6, 6.07) is 5.69. The van der Waals surface area contributed by atoms with Gasteiger partial charge in [0.2, 0.25) is 0 Å². The zero-order valence-corrected chi connectivity index (χ0v) is 12.5. The van der Waals surface area contributed by atoms with Crippen molar-refractivity contribution in [2.24, 2.45) is 0 Å². The molecule has 2 aromatic rings. The number of hydrogen-bond acceptors (Lipinski definition) is 4. The Hall–Kier alpha value is -2.35. The van der Waals surface area contributed by atoms with Gasteiger partial charge in [-0.05, 0) is 31.2 Å². The molecule has 1 heterocycles. The van der Waals surface area contributed by atoms with Gasteiger partial charge < -0.3 is 5.32 Å². The van der Waals surface area contributed by atoms with Crippen LogP contribution in [0.15, 0.2) is 41.6 Å². The Morgan fingerprint density at radius 1 is 1.29 bits per heavy atom. The molecular formula is C13H16N4O3S. The van der Waals surface area contributed by atoms with E-state index in [2.05, 4.69) is 15.1 Å². The van der Waals surface area contributed by atoms with Crippen LogP contribution in [0.3, 0.4) is 0 Å². The number of nitrogens with one attached hydrogen (secondary N) is 2. The maximum Gasteiger partial charge on any atom is 0.261 e. The first-order valence-electron chi connectivity index (χ1n) is 6.33. The van der Waals surface area contributed by atoms with Crippen LogP contribution in [-0.2, 0) is 16.6 Å². The van der Waals surface area contributed by atoms with E-state index in [-0.39, 0.29) is 10.8 Å². The fourth-order valence-electron chi connectivity index (χ4n) is 1.73. The largest absolute Gasteiger partial charge is 0.355 e. The summed E-state index contributed by atoms with van der Waals surface area (Å²) in [6.07, 6.45) is 3.05. The number of sulfonamides is 1. The first-order valence-corrected chi connectivity index (χ1v) is 7.82. The van der Waals surface area contributed by atoms with Gasteiger partial charge >= 0.3 is 0 Å². The standard InChI is InChI=1S/C13H16N4O3S/c1-3-17-9-11(8-15-17)16-21(19,20)12-6-4-10(5-7-12)13(18)14-2/h4-9,16H,3H2,1-2H3,(H,14,18). The van der Waals surface area contributed by atoms with Crippen LogP contribution in [-0.4, -0.2) is 31.2 Å². The first kappa shape index (κ1) is 15.0. The lowest BCUT2D eigenvalue weighted by atomic mass is 10.2. The molecular weight excluding hydrogens is 292 g/mol. The monoisotopic (exact) mass is 308 g/mol. The van der Waals surface area contributed by atoms with E-state index in [1.54, 1.807) is 10.9 Å². The summed E-state index contributed by atoms with van der Waals surface area (Å²) in [5, 5.41) is 6.47. The molecule has 0 saturated heterocycles. The maximum absolute atomic E-state index is 12.2. The van der Waals surface area contributed by atoms with E-state index in [0.717, 1.165) is 0 Å². The van der Waals surface area contributed by atoms with Gasteiger partial charge in [0.05, 0.1) is 16.8 Å². The third kappa shape index (κ3) is 3.40. The van der Waals surface area contributed by atoms with Crippen LogP contribution < -0.4 is 10.0 Å². The smallest absolute Gasteiger partial charge is 0.261 e. The van der Waals surface area contributed by atoms with Crippen LogP contribution in [0.5, 0.6) is 0 Å². The summed E-state index contributed by atoms with van der Waals surface area (Å²) < 4.78 is 28.5. The van der Waals surface area contributed by atoms with Crippen molar-refractivity contribution in [2.75, 3.05) is 11.8 Å². The van der Waals surface area contributed by atoms with Gasteiger partial charge in [0.15, 0.2) is 0 Å². The van der Waals surface area contributed by atoms with E-state index in [9.17, 15) is 13.2 Å². The molecule has 8 heteroatoms. The average Bonchev–Trinajstić information content (AvgIpc) is 2.93. The number of carbonyl (C=O) groups is 1. The Labute approximate surface area is 123 Å². The predicted octanol–water partition coefficient (Wildman–Crippen LogP) is 1.06. The highest BCUT2D eigenvalue weighted by Gasteiger charge is 2.15. The number of aryl methyl sites for hydroxylation is 1. The number of nitrogens with zero attached hydrogens (tertiary/aromatic N) is 2. The number of rotatable bonds is 5. The van der Waals surface area contributed by atoms with Crippen LogP contribution in [0.4, 0.5) is 5.69 Å². The van der Waals surface area contributed by atoms with Crippen LogP contribution >= 0.6 is 0 Å². The SMILES string of the molecule is CCn1cc(NS(=O)(=O)c2ccc(C(=O)NC)cc2)cn1. The van der Waals surface area contributed by atoms with E-state index in [4.69, 9.17) is 0 Å². The predicted molar refractivity (Wildman–Crippen MR) is 78.5 cm³/mol. The maximum atomic E-state index is 12.2. The summed E-state index contributed by atoms with van der Waals surface area (Å²) in [5.74, 6) is -0.267. The Kier molecular flexibility index (Phi) is 4.27. The van der Waals surface area contributed by atoms with E-state index in [1.165, 1.54) is 37.5 Å². The lowest BCUT2D eigenvalue weighted by Crippen LogP contribution is -2.18. The van der Waals surface area contributed by atoms with Crippen molar-refractivity contribution in [3.63, 3.8) is 0 Å². The highest BCUT2D eigenvalue weighted by atomic mass is 32.2. The molecule has 112 valence electrons. The molecule has 0 aliphatic heterocycles. The molecule has 1 aromatic heterocycles. The van der Waals surface area contributed by atoms with Crippen molar-refractivity contribution < 1.29 is 13.2 Å². The number of anilines is 1. The molecule has 21 heavy (non-hydrogen) atoms. The Balaban J connectivity index is 2.21. The highest BCUT2D eigenvalue weighted by molar-refractivity contribution is 7.92. The van der Waals surface area contributed by atoms with Crippen molar-refractivity contribution >= 4 is 21.6 Å². The van der Waals surface area contributed by atoms with Crippen LogP contribution in [0, 0.1) is 0 Å². The van der Waals surface area contributed by atoms with Crippen LogP contribution in [0.2, 0.25) is 0 Å². The highest BCUT2D eigenvalue weighted by Crippen LogP contribution is 2.16. The zero-order chi connectivity index (χ0) is 15.5. The minimum absolute atomic E-state index is 0.0828. The molecule has 2 N–H and O–H groups in total. The molecule has 1 amide bonds. The van der Waals surface area contributed by atoms with Crippen molar-refractivity contribution in [1.82, 2.24) is 15.1 Å². The van der Waals surface area contributed by atoms with Gasteiger partial charge in [-0.3, -0.25) is 14.2 Å². The van der Waals surface area contributed by atoms with Crippen LogP contribution in [0.25, 0.3) is 0 Å². The molecule has 0 aliphatic carbocycles. The number of carbonyl (C=O) groups excluding carboxylic acids is 1. The third-order valence-corrected chi connectivity index (χ3v) is 4.26. The summed E-state index contributed by atoms with van der Waals surface area (Å²) in [4.78, 5) is 11.5. The van der Waals surface area contributed by atoms with Crippen LogP contribution in [0.1, 0.15) is 17.3 Å². The Bertz CT molecular complexity index is 735. The molecule has 0 unspecified atom stereocenters. The summed E-state index contributed by atoms with van der Waals surface area (Å²) in [6.45, 7) is 2.56. The fourth-order valence-corrected chi connectivity index (χ4v) is 2.76. The van der Waals surface area contributed by atoms with Crippen molar-refractivity contribution in [3.8, 4) is 0 Å². The summed E-state index contributed by atoms with van der Waals surface area (Å²) >= 11 is 0. The van der Waals surface area contributed by atoms with Crippen molar-refractivity contribution in [1.29, 1.82) is 0 Å². The van der Waals surface area contributed by atoms with Crippen molar-refractivity contribution in [2.45, 2.75) is 18.4 Å². The second-order valence-corrected chi connectivity index (χ2v) is 5.98. The van der Waals surface area contributed by atoms with Gasteiger partial charge in [0.1, 0.15) is 0 Å². The van der Waals surface area contributed by atoms with E-state index < -0.39 is 10.0 Å². The quantitative estimate of drug-likeness (QED) is 0.864. The normalized spacial score (nSPS) is 11.1. The van der Waals surface area contributed by atoms with E-state index in [1.807, 2.05) is 6.92 Å². The summed E-state index contributed by atoms with van der Waals surface area (Å²) in [5.41, 5.74) is 0.794. The molecule has 0 radical (unpaired) electrons. The minimum Gasteiger partial charge on any atom is -0.355 e. The number of benzene rings is 1. The molecule has 2 rings (SSSR count). The van der Waals surface area contributed by atoms with Gasteiger partial charge in [-0.15, -0.1) is 0 Å². The average molecular weight is 308 g/mol. The Morgan fingerprint density at radius 2 is 1.95 bits per heavy atom. The van der Waals surface area contributed by atoms with Gasteiger partial charge in [-0.2, -0.15) is 5.10 Å². The van der Waals surface area contributed by atoms with Crippen molar-refractivity contribution in [3.05, 3.63) is 42.2 Å². The van der Waals surface area contributed by atoms with Gasteiger partial charge in [0.25, 0.3) is 15.9 Å². The third-order valence-electron chi connectivity index (χ3n) is 2.86. The molecule has 0 spiro atoms. The molecule has 0 atom stereocenters. The number of aromatic nitrogens is 2. The van der Waals surface area contributed by atoms with Gasteiger partial charge in [-0.1, -0.05) is 0 Å². The fraction of sp³-hybridized carbons (Fsp3) is 0.231. The Morgan fingerprint density at radius 3 is 2.48 bits per heavy atom. The van der Waals surface area contributed by atoms with E-state index >= 15 is 0 Å². The second kappa shape index (κ2) is 5.96. The number of hydrogen-bond donors (Lipinski definition) is 2. The zero-order valence-electron chi connectivity index (χ0n) is 11.7. The minimum atomic E-state index is -3.69. The lowest BCUT2D eigenvalue weighted by molar-refractivity contribution is 0.0963. The molecule has 0 aliphatic rings. The second-order valence-electron chi connectivity index (χ2n) is 4.29. The molecule has 0 bridgehead atoms.